The third-order valence-corrected chi connectivity index (χ3v) is 7.17. The third-order valence-electron chi connectivity index (χ3n) is 5.30. The number of amides is 1. The van der Waals surface area contributed by atoms with Gasteiger partial charge in [0.05, 0.1) is 19.1 Å². The van der Waals surface area contributed by atoms with Gasteiger partial charge in [-0.05, 0) is 61.2 Å². The Labute approximate surface area is 195 Å². The van der Waals surface area contributed by atoms with E-state index in [1.807, 2.05) is 0 Å². The molecule has 8 nitrogen and oxygen atoms in total. The molecule has 2 aromatic rings. The first-order valence-electron chi connectivity index (χ1n) is 10.4. The van der Waals surface area contributed by atoms with Crippen LogP contribution in [0.3, 0.4) is 0 Å². The minimum atomic E-state index is -4.90. The fourth-order valence-electron chi connectivity index (χ4n) is 3.67. The molecule has 1 unspecified atom stereocenters. The van der Waals surface area contributed by atoms with Gasteiger partial charge in [0.15, 0.2) is 11.5 Å². The van der Waals surface area contributed by atoms with Crippen molar-refractivity contribution in [2.45, 2.75) is 43.1 Å². The van der Waals surface area contributed by atoms with Gasteiger partial charge in [-0.25, -0.2) is 8.42 Å². The molecule has 1 saturated heterocycles. The summed E-state index contributed by atoms with van der Waals surface area (Å²) in [5, 5.41) is 2.73. The average Bonchev–Trinajstić information content (AvgIpc) is 3.00. The summed E-state index contributed by atoms with van der Waals surface area (Å²) in [5.74, 6) is -0.145. The first-order chi connectivity index (χ1) is 16.0. The van der Waals surface area contributed by atoms with Gasteiger partial charge in [-0.2, -0.15) is 4.31 Å². The normalized spacial score (nSPS) is 17.1. The Morgan fingerprint density at radius 2 is 1.71 bits per heavy atom. The Bertz CT molecular complexity index is 1110. The minimum absolute atomic E-state index is 0.165. The lowest BCUT2D eigenvalue weighted by Gasteiger charge is -2.29. The molecule has 0 aliphatic carbocycles. The van der Waals surface area contributed by atoms with Crippen molar-refractivity contribution in [3.05, 3.63) is 48.0 Å². The zero-order valence-electron chi connectivity index (χ0n) is 18.6. The summed E-state index contributed by atoms with van der Waals surface area (Å²) < 4.78 is 80.0. The Kier molecular flexibility index (Phi) is 7.93. The number of methoxy groups -OCH3 is 2. The molecule has 1 atom stereocenters. The van der Waals surface area contributed by atoms with Crippen LogP contribution in [0.4, 0.5) is 13.2 Å². The van der Waals surface area contributed by atoms with Crippen molar-refractivity contribution < 1.29 is 40.6 Å². The fourth-order valence-corrected chi connectivity index (χ4v) is 5.27. The Hall–Kier alpha value is -2.99. The number of hydrogen-bond acceptors (Lipinski definition) is 6. The molecule has 1 fully saturated rings. The van der Waals surface area contributed by atoms with E-state index >= 15 is 0 Å². The number of hydrogen-bond donors (Lipinski definition) is 1. The van der Waals surface area contributed by atoms with E-state index in [2.05, 4.69) is 10.1 Å². The number of halogens is 3. The van der Waals surface area contributed by atoms with Crippen LogP contribution in [0.15, 0.2) is 47.4 Å². The SMILES string of the molecule is COc1ccc(CN(C2CCCCNC2=O)S(=O)(=O)c2ccc(OC(F)(F)F)cc2)cc1OC. The summed E-state index contributed by atoms with van der Waals surface area (Å²) in [7, 11) is -1.37. The van der Waals surface area contributed by atoms with E-state index in [4.69, 9.17) is 9.47 Å². The minimum Gasteiger partial charge on any atom is -0.493 e. The molecular formula is C22H25F3N2O6S. The molecule has 0 aromatic heterocycles. The quantitative estimate of drug-likeness (QED) is 0.594. The number of nitrogens with zero attached hydrogens (tertiary/aromatic N) is 1. The zero-order chi connectivity index (χ0) is 24.9. The first-order valence-corrected chi connectivity index (χ1v) is 11.9. The molecule has 0 bridgehead atoms. The monoisotopic (exact) mass is 502 g/mol. The van der Waals surface area contributed by atoms with E-state index < -0.39 is 34.1 Å². The highest BCUT2D eigenvalue weighted by atomic mass is 32.2. The van der Waals surface area contributed by atoms with Crippen LogP contribution in [0.5, 0.6) is 17.2 Å². The molecule has 34 heavy (non-hydrogen) atoms. The number of carbonyl (C=O) groups is 1. The van der Waals surface area contributed by atoms with Gasteiger partial charge in [0.2, 0.25) is 15.9 Å². The van der Waals surface area contributed by atoms with E-state index in [0.29, 0.717) is 42.9 Å². The summed E-state index contributed by atoms with van der Waals surface area (Å²) in [6.45, 7) is 0.268. The standard InChI is InChI=1S/C22H25F3N2O6S/c1-31-19-11-6-15(13-20(19)32-2)14-27(18-5-3-4-12-26-21(18)28)34(29,30)17-9-7-16(8-10-17)33-22(23,24)25/h6-11,13,18H,3-5,12,14H2,1-2H3,(H,26,28). The Balaban J connectivity index is 1.99. The molecule has 2 aromatic carbocycles. The second-order valence-corrected chi connectivity index (χ2v) is 9.45. The predicted molar refractivity (Wildman–Crippen MR) is 116 cm³/mol. The number of rotatable bonds is 8. The third kappa shape index (κ3) is 6.11. The fraction of sp³-hybridized carbons (Fsp3) is 0.409. The molecule has 0 saturated carbocycles. The smallest absolute Gasteiger partial charge is 0.493 e. The van der Waals surface area contributed by atoms with Crippen molar-refractivity contribution in [2.75, 3.05) is 20.8 Å². The maximum Gasteiger partial charge on any atom is 0.573 e. The van der Waals surface area contributed by atoms with Crippen molar-refractivity contribution in [2.24, 2.45) is 0 Å². The largest absolute Gasteiger partial charge is 0.573 e. The summed E-state index contributed by atoms with van der Waals surface area (Å²) in [6, 6.07) is 7.76. The van der Waals surface area contributed by atoms with Crippen LogP contribution < -0.4 is 19.5 Å². The highest BCUT2D eigenvalue weighted by Gasteiger charge is 2.37. The van der Waals surface area contributed by atoms with Gasteiger partial charge < -0.3 is 19.5 Å². The molecule has 1 N–H and O–H groups in total. The highest BCUT2D eigenvalue weighted by Crippen LogP contribution is 2.31. The molecule has 1 aliphatic rings. The highest BCUT2D eigenvalue weighted by molar-refractivity contribution is 7.89. The average molecular weight is 503 g/mol. The number of nitrogens with one attached hydrogen (secondary N) is 1. The van der Waals surface area contributed by atoms with E-state index in [1.165, 1.54) is 14.2 Å². The number of ether oxygens (including phenoxy) is 3. The molecule has 12 heteroatoms. The lowest BCUT2D eigenvalue weighted by molar-refractivity contribution is -0.274. The van der Waals surface area contributed by atoms with Gasteiger partial charge in [0.25, 0.3) is 0 Å². The molecule has 0 radical (unpaired) electrons. The lowest BCUT2D eigenvalue weighted by atomic mass is 10.1. The topological polar surface area (TPSA) is 94.2 Å². The van der Waals surface area contributed by atoms with E-state index in [-0.39, 0.29) is 11.4 Å². The van der Waals surface area contributed by atoms with Crippen LogP contribution in [0.25, 0.3) is 0 Å². The molecule has 3 rings (SSSR count). The molecule has 1 amide bonds. The summed E-state index contributed by atoms with van der Waals surface area (Å²) >= 11 is 0. The molecule has 186 valence electrons. The van der Waals surface area contributed by atoms with Crippen LogP contribution in [-0.2, 0) is 21.4 Å². The summed E-state index contributed by atoms with van der Waals surface area (Å²) in [4.78, 5) is 12.5. The predicted octanol–water partition coefficient (Wildman–Crippen LogP) is 3.46. The van der Waals surface area contributed by atoms with Crippen LogP contribution in [-0.4, -0.2) is 51.8 Å². The van der Waals surface area contributed by atoms with Crippen LogP contribution in [0.2, 0.25) is 0 Å². The second-order valence-electron chi connectivity index (χ2n) is 7.56. The number of carbonyl (C=O) groups excluding carboxylic acids is 1. The number of sulfonamides is 1. The number of benzene rings is 2. The van der Waals surface area contributed by atoms with Gasteiger partial charge in [0.1, 0.15) is 11.8 Å². The maximum absolute atomic E-state index is 13.6. The molecular weight excluding hydrogens is 477 g/mol. The van der Waals surface area contributed by atoms with E-state index in [1.54, 1.807) is 18.2 Å². The van der Waals surface area contributed by atoms with Crippen LogP contribution in [0.1, 0.15) is 24.8 Å². The maximum atomic E-state index is 13.6. The van der Waals surface area contributed by atoms with Gasteiger partial charge >= 0.3 is 6.36 Å². The first kappa shape index (κ1) is 25.6. The second kappa shape index (κ2) is 10.5. The Morgan fingerprint density at radius 1 is 1.03 bits per heavy atom. The lowest BCUT2D eigenvalue weighted by Crippen LogP contribution is -2.48. The molecule has 1 heterocycles. The van der Waals surface area contributed by atoms with Crippen molar-refractivity contribution in [3.63, 3.8) is 0 Å². The molecule has 1 aliphatic heterocycles. The zero-order valence-corrected chi connectivity index (χ0v) is 19.4. The van der Waals surface area contributed by atoms with E-state index in [0.717, 1.165) is 28.6 Å². The van der Waals surface area contributed by atoms with Crippen molar-refractivity contribution in [3.8, 4) is 17.2 Å². The summed E-state index contributed by atoms with van der Waals surface area (Å²) in [5.41, 5.74) is 0.537. The van der Waals surface area contributed by atoms with Crippen LogP contribution in [0, 0.1) is 0 Å². The van der Waals surface area contributed by atoms with Crippen LogP contribution >= 0.6 is 0 Å². The Morgan fingerprint density at radius 3 is 2.32 bits per heavy atom. The van der Waals surface area contributed by atoms with Gasteiger partial charge in [-0.3, -0.25) is 4.79 Å². The van der Waals surface area contributed by atoms with Gasteiger partial charge in [-0.1, -0.05) is 6.07 Å². The number of alkyl halides is 3. The van der Waals surface area contributed by atoms with Crippen molar-refractivity contribution >= 4 is 15.9 Å². The van der Waals surface area contributed by atoms with Crippen molar-refractivity contribution in [1.82, 2.24) is 9.62 Å². The summed E-state index contributed by atoms with van der Waals surface area (Å²) in [6.07, 6.45) is -3.28. The van der Waals surface area contributed by atoms with Gasteiger partial charge in [0, 0.05) is 13.1 Å². The molecule has 0 spiro atoms. The van der Waals surface area contributed by atoms with E-state index in [9.17, 15) is 26.4 Å². The van der Waals surface area contributed by atoms with Gasteiger partial charge in [-0.15, -0.1) is 13.2 Å². The van der Waals surface area contributed by atoms with Crippen molar-refractivity contribution in [1.29, 1.82) is 0 Å².